The summed E-state index contributed by atoms with van der Waals surface area (Å²) >= 11 is 1.26. The van der Waals surface area contributed by atoms with Gasteiger partial charge < -0.3 is 14.5 Å². The molecule has 0 spiro atoms. The van der Waals surface area contributed by atoms with Gasteiger partial charge in [-0.1, -0.05) is 30.0 Å². The summed E-state index contributed by atoms with van der Waals surface area (Å²) < 4.78 is 12.3. The molecule has 0 aliphatic heterocycles. The molecule has 2 heterocycles. The number of furan rings is 1. The Morgan fingerprint density at radius 2 is 1.81 bits per heavy atom. The van der Waals surface area contributed by atoms with E-state index in [1.165, 1.54) is 11.8 Å². The third kappa shape index (κ3) is 4.89. The molecule has 1 N–H and O–H groups in total. The van der Waals surface area contributed by atoms with Crippen LogP contribution in [0.5, 0.6) is 0 Å². The van der Waals surface area contributed by atoms with Crippen LogP contribution in [0.25, 0.3) is 17.3 Å². The molecule has 2 aromatic carbocycles. The van der Waals surface area contributed by atoms with Crippen LogP contribution in [-0.4, -0.2) is 39.0 Å². The van der Waals surface area contributed by atoms with Crippen molar-refractivity contribution in [1.29, 1.82) is 0 Å². The second-order valence-electron chi connectivity index (χ2n) is 6.59. The first-order valence-electron chi connectivity index (χ1n) is 9.90. The summed E-state index contributed by atoms with van der Waals surface area (Å²) in [6.45, 7) is 2.06. The van der Waals surface area contributed by atoms with Gasteiger partial charge in [0.25, 0.3) is 0 Å². The van der Waals surface area contributed by atoms with Gasteiger partial charge in [-0.25, -0.2) is 4.79 Å². The SMILES string of the molecule is CCOC(=O)c1ccc(NC(=O)CSc2nnc(-c3ccco3)n2-c2ccccc2)cc1. The minimum Gasteiger partial charge on any atom is -0.462 e. The number of nitrogens with zero attached hydrogens (tertiary/aromatic N) is 3. The van der Waals surface area contributed by atoms with Gasteiger partial charge in [-0.05, 0) is 55.5 Å². The molecule has 0 atom stereocenters. The van der Waals surface area contributed by atoms with E-state index in [2.05, 4.69) is 15.5 Å². The zero-order valence-corrected chi connectivity index (χ0v) is 18.0. The van der Waals surface area contributed by atoms with Gasteiger partial charge in [0, 0.05) is 11.4 Å². The lowest BCUT2D eigenvalue weighted by molar-refractivity contribution is -0.113. The Balaban J connectivity index is 1.46. The van der Waals surface area contributed by atoms with Gasteiger partial charge in [-0.2, -0.15) is 0 Å². The van der Waals surface area contributed by atoms with E-state index in [4.69, 9.17) is 9.15 Å². The average molecular weight is 449 g/mol. The van der Waals surface area contributed by atoms with Gasteiger partial charge in [0.05, 0.1) is 24.2 Å². The predicted octanol–water partition coefficient (Wildman–Crippen LogP) is 4.43. The third-order valence-electron chi connectivity index (χ3n) is 4.40. The van der Waals surface area contributed by atoms with E-state index in [1.807, 2.05) is 41.0 Å². The van der Waals surface area contributed by atoms with Crippen molar-refractivity contribution < 1.29 is 18.7 Å². The zero-order chi connectivity index (χ0) is 22.3. The number of esters is 1. The zero-order valence-electron chi connectivity index (χ0n) is 17.2. The molecule has 0 saturated carbocycles. The Labute approximate surface area is 188 Å². The van der Waals surface area contributed by atoms with Gasteiger partial charge in [0.1, 0.15) is 0 Å². The van der Waals surface area contributed by atoms with Crippen molar-refractivity contribution in [3.63, 3.8) is 0 Å². The molecule has 1 amide bonds. The molecule has 32 heavy (non-hydrogen) atoms. The molecule has 4 rings (SSSR count). The van der Waals surface area contributed by atoms with Crippen LogP contribution in [0.4, 0.5) is 5.69 Å². The number of amides is 1. The molecule has 0 bridgehead atoms. The normalized spacial score (nSPS) is 10.7. The summed E-state index contributed by atoms with van der Waals surface area (Å²) in [5, 5.41) is 11.9. The molecule has 0 radical (unpaired) electrons. The fraction of sp³-hybridized carbons (Fsp3) is 0.130. The van der Waals surface area contributed by atoms with E-state index in [9.17, 15) is 9.59 Å². The number of anilines is 1. The lowest BCUT2D eigenvalue weighted by Crippen LogP contribution is -2.15. The van der Waals surface area contributed by atoms with Crippen molar-refractivity contribution >= 4 is 29.3 Å². The lowest BCUT2D eigenvalue weighted by Gasteiger charge is -2.09. The smallest absolute Gasteiger partial charge is 0.338 e. The molecule has 0 aliphatic rings. The first-order chi connectivity index (χ1) is 15.7. The number of carbonyl (C=O) groups is 2. The first kappa shape index (κ1) is 21.4. The maximum Gasteiger partial charge on any atom is 0.338 e. The Morgan fingerprint density at radius 3 is 2.50 bits per heavy atom. The first-order valence-corrected chi connectivity index (χ1v) is 10.9. The van der Waals surface area contributed by atoms with Crippen molar-refractivity contribution in [2.75, 3.05) is 17.7 Å². The number of carbonyl (C=O) groups excluding carboxylic acids is 2. The van der Waals surface area contributed by atoms with Gasteiger partial charge in [-0.15, -0.1) is 10.2 Å². The van der Waals surface area contributed by atoms with Crippen LogP contribution < -0.4 is 5.32 Å². The molecule has 0 saturated heterocycles. The predicted molar refractivity (Wildman–Crippen MR) is 121 cm³/mol. The van der Waals surface area contributed by atoms with E-state index in [0.717, 1.165) is 5.69 Å². The van der Waals surface area contributed by atoms with Gasteiger partial charge in [0.15, 0.2) is 10.9 Å². The topological polar surface area (TPSA) is 99.2 Å². The van der Waals surface area contributed by atoms with Gasteiger partial charge >= 0.3 is 5.97 Å². The van der Waals surface area contributed by atoms with E-state index >= 15 is 0 Å². The molecule has 162 valence electrons. The number of thioether (sulfide) groups is 1. The number of para-hydroxylation sites is 1. The van der Waals surface area contributed by atoms with Crippen molar-refractivity contribution in [1.82, 2.24) is 14.8 Å². The molecule has 4 aromatic rings. The second-order valence-corrected chi connectivity index (χ2v) is 7.53. The fourth-order valence-corrected chi connectivity index (χ4v) is 3.72. The number of hydrogen-bond acceptors (Lipinski definition) is 7. The standard InChI is InChI=1S/C23H20N4O4S/c1-2-30-22(29)16-10-12-17(13-11-16)24-20(28)15-32-23-26-25-21(19-9-6-14-31-19)27(23)18-7-4-3-5-8-18/h3-14H,2,15H2,1H3,(H,24,28). The van der Waals surface area contributed by atoms with E-state index < -0.39 is 5.97 Å². The number of aromatic nitrogens is 3. The number of benzene rings is 2. The highest BCUT2D eigenvalue weighted by atomic mass is 32.2. The quantitative estimate of drug-likeness (QED) is 0.314. The van der Waals surface area contributed by atoms with Crippen molar-refractivity contribution in [2.24, 2.45) is 0 Å². The van der Waals surface area contributed by atoms with Crippen LogP contribution in [0.3, 0.4) is 0 Å². The van der Waals surface area contributed by atoms with Crippen LogP contribution >= 0.6 is 11.8 Å². The summed E-state index contributed by atoms with van der Waals surface area (Å²) in [5.74, 6) is 0.663. The van der Waals surface area contributed by atoms with Crippen LogP contribution in [0.1, 0.15) is 17.3 Å². The van der Waals surface area contributed by atoms with E-state index in [1.54, 1.807) is 43.5 Å². The molecule has 8 nitrogen and oxygen atoms in total. The van der Waals surface area contributed by atoms with Gasteiger partial charge in [0.2, 0.25) is 11.7 Å². The van der Waals surface area contributed by atoms with Crippen LogP contribution in [-0.2, 0) is 9.53 Å². The number of nitrogens with one attached hydrogen (secondary N) is 1. The van der Waals surface area contributed by atoms with Crippen molar-refractivity contribution in [3.8, 4) is 17.3 Å². The molecule has 0 aliphatic carbocycles. The van der Waals surface area contributed by atoms with Crippen LogP contribution in [0.2, 0.25) is 0 Å². The molecular weight excluding hydrogens is 428 g/mol. The average Bonchev–Trinajstić information content (AvgIpc) is 3.49. The highest BCUT2D eigenvalue weighted by molar-refractivity contribution is 7.99. The third-order valence-corrected chi connectivity index (χ3v) is 5.33. The monoisotopic (exact) mass is 448 g/mol. The maximum atomic E-state index is 12.5. The molecule has 0 fully saturated rings. The fourth-order valence-electron chi connectivity index (χ4n) is 2.97. The number of rotatable bonds is 8. The van der Waals surface area contributed by atoms with Crippen LogP contribution in [0, 0.1) is 0 Å². The molecule has 0 unspecified atom stereocenters. The maximum absolute atomic E-state index is 12.5. The largest absolute Gasteiger partial charge is 0.462 e. The Hall–Kier alpha value is -3.85. The minimum atomic E-state index is -0.395. The lowest BCUT2D eigenvalue weighted by atomic mass is 10.2. The molecular formula is C23H20N4O4S. The Morgan fingerprint density at radius 1 is 1.03 bits per heavy atom. The van der Waals surface area contributed by atoms with Crippen molar-refractivity contribution in [3.05, 3.63) is 78.6 Å². The van der Waals surface area contributed by atoms with E-state index in [-0.39, 0.29) is 11.7 Å². The highest BCUT2D eigenvalue weighted by Crippen LogP contribution is 2.28. The van der Waals surface area contributed by atoms with Gasteiger partial charge in [-0.3, -0.25) is 9.36 Å². The summed E-state index contributed by atoms with van der Waals surface area (Å²) in [4.78, 5) is 24.2. The number of hydrogen-bond donors (Lipinski definition) is 1. The Bertz CT molecular complexity index is 1190. The molecule has 9 heteroatoms. The second kappa shape index (κ2) is 9.97. The summed E-state index contributed by atoms with van der Waals surface area (Å²) in [6, 6.07) is 19.8. The molecule has 2 aromatic heterocycles. The highest BCUT2D eigenvalue weighted by Gasteiger charge is 2.19. The number of ether oxygens (including phenoxy) is 1. The minimum absolute atomic E-state index is 0.128. The van der Waals surface area contributed by atoms with E-state index in [0.29, 0.717) is 34.6 Å². The van der Waals surface area contributed by atoms with Crippen molar-refractivity contribution in [2.45, 2.75) is 12.1 Å². The van der Waals surface area contributed by atoms with Crippen LogP contribution in [0.15, 0.2) is 82.6 Å². The summed E-state index contributed by atoms with van der Waals surface area (Å²) in [7, 11) is 0. The summed E-state index contributed by atoms with van der Waals surface area (Å²) in [6.07, 6.45) is 1.58. The Kier molecular flexibility index (Phi) is 6.66. The summed E-state index contributed by atoms with van der Waals surface area (Å²) in [5.41, 5.74) is 1.88.